The maximum absolute atomic E-state index is 13.4. The Balaban J connectivity index is 1.54. The number of benzene rings is 2. The van der Waals surface area contributed by atoms with Gasteiger partial charge in [0.2, 0.25) is 15.9 Å². The number of halogens is 1. The number of nitrogens with zero attached hydrogens (tertiary/aromatic N) is 1. The van der Waals surface area contributed by atoms with Gasteiger partial charge >= 0.3 is 0 Å². The molecule has 2 aromatic carbocycles. The highest BCUT2D eigenvalue weighted by Gasteiger charge is 2.28. The van der Waals surface area contributed by atoms with Crippen LogP contribution in [0.5, 0.6) is 0 Å². The zero-order chi connectivity index (χ0) is 19.3. The largest absolute Gasteiger partial charge is 0.339 e. The van der Waals surface area contributed by atoms with Crippen molar-refractivity contribution in [3.05, 3.63) is 66.0 Å². The second-order valence-electron chi connectivity index (χ2n) is 6.68. The predicted octanol–water partition coefficient (Wildman–Crippen LogP) is 2.73. The molecule has 1 N–H and O–H groups in total. The van der Waals surface area contributed by atoms with Crippen LogP contribution in [0.1, 0.15) is 24.8 Å². The van der Waals surface area contributed by atoms with Gasteiger partial charge in [0.25, 0.3) is 0 Å². The standard InChI is InChI=1S/C20H23FN2O3S/c21-17-7-4-6-16(14-17)15-18-8-5-13-23(18)20(24)11-12-22-27(25,26)19-9-2-1-3-10-19/h1-4,6-7,9-10,14,18,22H,5,8,11-13,15H2. The number of carbonyl (C=O) groups excluding carboxylic acids is 1. The average Bonchev–Trinajstić information content (AvgIpc) is 3.10. The van der Waals surface area contributed by atoms with Crippen LogP contribution in [0.3, 0.4) is 0 Å². The molecule has 1 fully saturated rings. The fourth-order valence-corrected chi connectivity index (χ4v) is 4.48. The molecule has 144 valence electrons. The van der Waals surface area contributed by atoms with Crippen LogP contribution in [-0.4, -0.2) is 38.4 Å². The zero-order valence-corrected chi connectivity index (χ0v) is 15.8. The van der Waals surface area contributed by atoms with E-state index in [1.54, 1.807) is 29.2 Å². The van der Waals surface area contributed by atoms with Crippen molar-refractivity contribution in [3.63, 3.8) is 0 Å². The van der Waals surface area contributed by atoms with E-state index >= 15 is 0 Å². The van der Waals surface area contributed by atoms with E-state index in [0.717, 1.165) is 18.4 Å². The fraction of sp³-hybridized carbons (Fsp3) is 0.350. The lowest BCUT2D eigenvalue weighted by molar-refractivity contribution is -0.131. The molecule has 1 heterocycles. The van der Waals surface area contributed by atoms with Crippen LogP contribution in [0.25, 0.3) is 0 Å². The lowest BCUT2D eigenvalue weighted by atomic mass is 10.0. The Bertz CT molecular complexity index is 887. The quantitative estimate of drug-likeness (QED) is 0.791. The third-order valence-electron chi connectivity index (χ3n) is 4.74. The van der Waals surface area contributed by atoms with Crippen LogP contribution in [0.2, 0.25) is 0 Å². The number of likely N-dealkylation sites (tertiary alicyclic amines) is 1. The van der Waals surface area contributed by atoms with Crippen molar-refractivity contribution in [3.8, 4) is 0 Å². The molecule has 2 aromatic rings. The molecule has 1 atom stereocenters. The van der Waals surface area contributed by atoms with Crippen molar-refractivity contribution in [1.82, 2.24) is 9.62 Å². The Morgan fingerprint density at radius 1 is 1.15 bits per heavy atom. The minimum atomic E-state index is -3.61. The number of nitrogens with one attached hydrogen (secondary N) is 1. The van der Waals surface area contributed by atoms with E-state index in [0.29, 0.717) is 13.0 Å². The summed E-state index contributed by atoms with van der Waals surface area (Å²) < 4.78 is 40.2. The van der Waals surface area contributed by atoms with Gasteiger partial charge in [-0.1, -0.05) is 30.3 Å². The Kier molecular flexibility index (Phi) is 6.23. The van der Waals surface area contributed by atoms with Crippen LogP contribution < -0.4 is 4.72 Å². The summed E-state index contributed by atoms with van der Waals surface area (Å²) in [4.78, 5) is 14.5. The van der Waals surface area contributed by atoms with Crippen molar-refractivity contribution in [2.24, 2.45) is 0 Å². The Morgan fingerprint density at radius 2 is 1.93 bits per heavy atom. The first kappa shape index (κ1) is 19.5. The van der Waals surface area contributed by atoms with Gasteiger partial charge in [-0.25, -0.2) is 17.5 Å². The van der Waals surface area contributed by atoms with Gasteiger partial charge in [-0.05, 0) is 49.1 Å². The van der Waals surface area contributed by atoms with E-state index in [4.69, 9.17) is 0 Å². The summed E-state index contributed by atoms with van der Waals surface area (Å²) in [5.41, 5.74) is 0.865. The van der Waals surface area contributed by atoms with E-state index < -0.39 is 10.0 Å². The number of hydrogen-bond acceptors (Lipinski definition) is 3. The molecule has 27 heavy (non-hydrogen) atoms. The molecule has 1 amide bonds. The SMILES string of the molecule is O=C(CCNS(=O)(=O)c1ccccc1)N1CCCC1Cc1cccc(F)c1. The van der Waals surface area contributed by atoms with Crippen molar-refractivity contribution in [1.29, 1.82) is 0 Å². The van der Waals surface area contributed by atoms with Gasteiger partial charge in [0.15, 0.2) is 0 Å². The summed E-state index contributed by atoms with van der Waals surface area (Å²) in [7, 11) is -3.61. The number of amides is 1. The first-order valence-electron chi connectivity index (χ1n) is 9.04. The monoisotopic (exact) mass is 390 g/mol. The zero-order valence-electron chi connectivity index (χ0n) is 15.0. The third-order valence-corrected chi connectivity index (χ3v) is 6.22. The van der Waals surface area contributed by atoms with Gasteiger partial charge in [-0.15, -0.1) is 0 Å². The molecule has 5 nitrogen and oxygen atoms in total. The highest BCUT2D eigenvalue weighted by atomic mass is 32.2. The normalized spacial score (nSPS) is 17.2. The second-order valence-corrected chi connectivity index (χ2v) is 8.45. The number of hydrogen-bond donors (Lipinski definition) is 1. The van der Waals surface area contributed by atoms with Crippen LogP contribution in [-0.2, 0) is 21.2 Å². The van der Waals surface area contributed by atoms with Gasteiger partial charge in [0.1, 0.15) is 5.82 Å². The van der Waals surface area contributed by atoms with E-state index in [1.165, 1.54) is 24.3 Å². The molecule has 1 unspecified atom stereocenters. The molecule has 7 heteroatoms. The maximum atomic E-state index is 13.4. The van der Waals surface area contributed by atoms with E-state index in [2.05, 4.69) is 4.72 Å². The van der Waals surface area contributed by atoms with Gasteiger partial charge in [0, 0.05) is 25.6 Å². The Labute approximate surface area is 159 Å². The lowest BCUT2D eigenvalue weighted by Crippen LogP contribution is -2.38. The van der Waals surface area contributed by atoms with Crippen molar-refractivity contribution >= 4 is 15.9 Å². The molecule has 0 spiro atoms. The smallest absolute Gasteiger partial charge is 0.240 e. The topological polar surface area (TPSA) is 66.5 Å². The van der Waals surface area contributed by atoms with Crippen LogP contribution >= 0.6 is 0 Å². The lowest BCUT2D eigenvalue weighted by Gasteiger charge is -2.25. The summed E-state index contributed by atoms with van der Waals surface area (Å²) >= 11 is 0. The Hall–Kier alpha value is -2.25. The molecule has 0 radical (unpaired) electrons. The molecule has 1 aliphatic heterocycles. The molecule has 1 saturated heterocycles. The highest BCUT2D eigenvalue weighted by molar-refractivity contribution is 7.89. The third kappa shape index (κ3) is 5.14. The van der Waals surface area contributed by atoms with Gasteiger partial charge in [-0.3, -0.25) is 4.79 Å². The molecule has 0 aromatic heterocycles. The number of rotatable bonds is 7. The fourth-order valence-electron chi connectivity index (χ4n) is 3.43. The summed E-state index contributed by atoms with van der Waals surface area (Å²) in [6.07, 6.45) is 2.49. The van der Waals surface area contributed by atoms with Crippen molar-refractivity contribution in [2.45, 2.75) is 36.6 Å². The summed E-state index contributed by atoms with van der Waals surface area (Å²) in [5.74, 6) is -0.358. The average molecular weight is 390 g/mol. The molecular weight excluding hydrogens is 367 g/mol. The van der Waals surface area contributed by atoms with Crippen molar-refractivity contribution in [2.75, 3.05) is 13.1 Å². The van der Waals surface area contributed by atoms with Crippen LogP contribution in [0, 0.1) is 5.82 Å². The van der Waals surface area contributed by atoms with Gasteiger partial charge in [-0.2, -0.15) is 0 Å². The number of sulfonamides is 1. The molecule has 0 aliphatic carbocycles. The summed E-state index contributed by atoms with van der Waals surface area (Å²) in [6, 6.07) is 14.5. The summed E-state index contributed by atoms with van der Waals surface area (Å²) in [5, 5.41) is 0. The summed E-state index contributed by atoms with van der Waals surface area (Å²) in [6.45, 7) is 0.712. The van der Waals surface area contributed by atoms with Crippen LogP contribution in [0.15, 0.2) is 59.5 Å². The first-order valence-corrected chi connectivity index (χ1v) is 10.5. The van der Waals surface area contributed by atoms with E-state index in [9.17, 15) is 17.6 Å². The molecular formula is C20H23FN2O3S. The van der Waals surface area contributed by atoms with Gasteiger partial charge in [0.05, 0.1) is 4.90 Å². The van der Waals surface area contributed by atoms with E-state index in [1.807, 2.05) is 6.07 Å². The van der Waals surface area contributed by atoms with Gasteiger partial charge < -0.3 is 4.90 Å². The highest BCUT2D eigenvalue weighted by Crippen LogP contribution is 2.22. The maximum Gasteiger partial charge on any atom is 0.240 e. The predicted molar refractivity (Wildman–Crippen MR) is 101 cm³/mol. The molecule has 1 aliphatic rings. The van der Waals surface area contributed by atoms with Crippen LogP contribution in [0.4, 0.5) is 4.39 Å². The number of carbonyl (C=O) groups is 1. The molecule has 0 bridgehead atoms. The minimum absolute atomic E-state index is 0.0324. The Morgan fingerprint density at radius 3 is 2.67 bits per heavy atom. The van der Waals surface area contributed by atoms with E-state index in [-0.39, 0.29) is 35.6 Å². The molecule has 0 saturated carbocycles. The first-order chi connectivity index (χ1) is 13.0. The minimum Gasteiger partial charge on any atom is -0.339 e. The second kappa shape index (κ2) is 8.63. The molecule has 3 rings (SSSR count). The van der Waals surface area contributed by atoms with Crippen molar-refractivity contribution < 1.29 is 17.6 Å².